The molecule has 1 aliphatic carbocycles. The minimum atomic E-state index is -1.09. The predicted octanol–water partition coefficient (Wildman–Crippen LogP) is 4.33. The SMILES string of the molecule is CC1CCC(C)(C(=O)O/N=C(\N)c2cc(N3CCN(C(=O)OC(C)(C)C)CC3)cc(Cl)n2)c2c1sc(N)c2C#N. The lowest BCUT2D eigenvalue weighted by Gasteiger charge is -2.36. The van der Waals surface area contributed by atoms with Crippen LogP contribution in [-0.4, -0.2) is 59.6 Å². The Bertz CT molecular complexity index is 1390. The number of nitrogens with zero attached hydrogens (tertiary/aromatic N) is 5. The number of oxime groups is 1. The standard InChI is InChI=1S/C27H34ClN7O4S/c1-15-6-7-27(5,20-17(14-29)23(31)40-21(15)20)24(36)39-33-22(30)18-12-16(13-19(28)32-18)34-8-10-35(11-9-34)25(37)38-26(2,3)4/h12-13,15H,6-11,31H2,1-5H3,(H2,30,33). The molecule has 0 bridgehead atoms. The van der Waals surface area contributed by atoms with Gasteiger partial charge in [-0.3, -0.25) is 0 Å². The Morgan fingerprint density at radius 3 is 2.58 bits per heavy atom. The van der Waals surface area contributed by atoms with Gasteiger partial charge in [0.2, 0.25) is 0 Å². The molecule has 0 aromatic carbocycles. The van der Waals surface area contributed by atoms with E-state index in [4.69, 9.17) is 32.6 Å². The zero-order valence-electron chi connectivity index (χ0n) is 23.3. The van der Waals surface area contributed by atoms with Crippen LogP contribution in [0, 0.1) is 11.3 Å². The smallest absolute Gasteiger partial charge is 0.410 e. The maximum Gasteiger partial charge on any atom is 0.410 e. The Labute approximate surface area is 242 Å². The van der Waals surface area contributed by atoms with Gasteiger partial charge in [0.05, 0.1) is 11.0 Å². The van der Waals surface area contributed by atoms with Gasteiger partial charge in [0.25, 0.3) is 0 Å². The number of anilines is 2. The number of nitrogen functional groups attached to an aromatic ring is 1. The molecule has 1 amide bonds. The maximum absolute atomic E-state index is 13.3. The molecule has 2 atom stereocenters. The van der Waals surface area contributed by atoms with Gasteiger partial charge in [0.15, 0.2) is 5.84 Å². The average molecular weight is 588 g/mol. The summed E-state index contributed by atoms with van der Waals surface area (Å²) >= 11 is 7.64. The third kappa shape index (κ3) is 5.95. The lowest BCUT2D eigenvalue weighted by molar-refractivity contribution is -0.150. The number of piperazine rings is 1. The summed E-state index contributed by atoms with van der Waals surface area (Å²) in [6.07, 6.45) is 0.872. The van der Waals surface area contributed by atoms with E-state index < -0.39 is 17.0 Å². The molecular formula is C27H34ClN7O4S. The molecule has 40 heavy (non-hydrogen) atoms. The molecule has 1 saturated heterocycles. The summed E-state index contributed by atoms with van der Waals surface area (Å²) in [6.45, 7) is 11.3. The number of thiophene rings is 1. The third-order valence-electron chi connectivity index (χ3n) is 7.17. The summed E-state index contributed by atoms with van der Waals surface area (Å²) in [5, 5.41) is 14.2. The van der Waals surface area contributed by atoms with E-state index in [1.165, 1.54) is 11.3 Å². The van der Waals surface area contributed by atoms with Gasteiger partial charge in [0.1, 0.15) is 27.5 Å². The molecule has 2 aromatic rings. The molecule has 0 radical (unpaired) electrons. The highest BCUT2D eigenvalue weighted by atomic mass is 35.5. The molecule has 2 aliphatic rings. The zero-order chi connectivity index (χ0) is 29.4. The monoisotopic (exact) mass is 587 g/mol. The number of carbonyl (C=O) groups is 2. The van der Waals surface area contributed by atoms with Gasteiger partial charge in [-0.05, 0) is 58.6 Å². The molecule has 4 N–H and O–H groups in total. The molecule has 1 aliphatic heterocycles. The number of amides is 1. The van der Waals surface area contributed by atoms with E-state index in [0.717, 1.165) is 17.0 Å². The Kier molecular flexibility index (Phi) is 8.19. The van der Waals surface area contributed by atoms with E-state index in [-0.39, 0.29) is 28.7 Å². The minimum absolute atomic E-state index is 0.122. The lowest BCUT2D eigenvalue weighted by atomic mass is 9.70. The van der Waals surface area contributed by atoms with Gasteiger partial charge in [-0.1, -0.05) is 23.7 Å². The number of halogens is 1. The fraction of sp³-hybridized carbons (Fsp3) is 0.519. The molecule has 214 valence electrons. The van der Waals surface area contributed by atoms with Gasteiger partial charge < -0.3 is 30.8 Å². The van der Waals surface area contributed by atoms with Crippen molar-refractivity contribution in [3.05, 3.63) is 39.0 Å². The van der Waals surface area contributed by atoms with Crippen LogP contribution < -0.4 is 16.4 Å². The average Bonchev–Trinajstić information content (AvgIpc) is 3.25. The van der Waals surface area contributed by atoms with Crippen molar-refractivity contribution >= 4 is 51.5 Å². The molecule has 2 unspecified atom stereocenters. The first-order valence-corrected chi connectivity index (χ1v) is 14.2. The van der Waals surface area contributed by atoms with Crippen LogP contribution in [0.15, 0.2) is 17.3 Å². The first kappa shape index (κ1) is 29.4. The first-order valence-electron chi connectivity index (χ1n) is 13.0. The highest BCUT2D eigenvalue weighted by Crippen LogP contribution is 2.50. The van der Waals surface area contributed by atoms with E-state index >= 15 is 0 Å². The van der Waals surface area contributed by atoms with Gasteiger partial charge in [-0.2, -0.15) is 5.26 Å². The molecule has 13 heteroatoms. The number of fused-ring (bicyclic) bond motifs is 1. The van der Waals surface area contributed by atoms with Crippen LogP contribution in [0.25, 0.3) is 0 Å². The van der Waals surface area contributed by atoms with Crippen LogP contribution in [0.1, 0.15) is 75.1 Å². The van der Waals surface area contributed by atoms with Gasteiger partial charge >= 0.3 is 12.1 Å². The van der Waals surface area contributed by atoms with E-state index in [0.29, 0.717) is 48.7 Å². The van der Waals surface area contributed by atoms with Gasteiger partial charge in [-0.25, -0.2) is 14.6 Å². The maximum atomic E-state index is 13.3. The number of amidine groups is 1. The second-order valence-electron chi connectivity index (χ2n) is 11.3. The molecule has 0 spiro atoms. The summed E-state index contributed by atoms with van der Waals surface area (Å²) in [7, 11) is 0. The Hall–Kier alpha value is -3.56. The predicted molar refractivity (Wildman–Crippen MR) is 155 cm³/mol. The number of nitriles is 1. The van der Waals surface area contributed by atoms with Gasteiger partial charge in [-0.15, -0.1) is 11.3 Å². The topological polar surface area (TPSA) is 160 Å². The fourth-order valence-corrected chi connectivity index (χ4v) is 6.39. The van der Waals surface area contributed by atoms with E-state index in [1.54, 1.807) is 24.0 Å². The molecular weight excluding hydrogens is 554 g/mol. The van der Waals surface area contributed by atoms with Crippen molar-refractivity contribution in [2.75, 3.05) is 36.8 Å². The Balaban J connectivity index is 1.48. The van der Waals surface area contributed by atoms with Crippen molar-refractivity contribution in [1.82, 2.24) is 9.88 Å². The fourth-order valence-electron chi connectivity index (χ4n) is 4.95. The van der Waals surface area contributed by atoms with Crippen molar-refractivity contribution in [2.24, 2.45) is 10.9 Å². The summed E-state index contributed by atoms with van der Waals surface area (Å²) in [6, 6.07) is 5.55. The summed E-state index contributed by atoms with van der Waals surface area (Å²) in [5.74, 6) is -0.569. The summed E-state index contributed by atoms with van der Waals surface area (Å²) in [4.78, 5) is 39.9. The summed E-state index contributed by atoms with van der Waals surface area (Å²) < 4.78 is 5.47. The highest BCUT2D eigenvalue weighted by molar-refractivity contribution is 7.16. The lowest BCUT2D eigenvalue weighted by Crippen LogP contribution is -2.50. The number of rotatable bonds is 4. The number of aromatic nitrogens is 1. The van der Waals surface area contributed by atoms with Crippen molar-refractivity contribution in [1.29, 1.82) is 5.26 Å². The number of hydrogen-bond donors (Lipinski definition) is 2. The molecule has 0 saturated carbocycles. The normalized spacial score (nSPS) is 21.4. The molecule has 3 heterocycles. The van der Waals surface area contributed by atoms with Crippen LogP contribution in [0.4, 0.5) is 15.5 Å². The Morgan fingerprint density at radius 2 is 1.95 bits per heavy atom. The molecule has 11 nitrogen and oxygen atoms in total. The Morgan fingerprint density at radius 1 is 1.27 bits per heavy atom. The number of carbonyl (C=O) groups excluding carboxylic acids is 2. The van der Waals surface area contributed by atoms with E-state index in [9.17, 15) is 14.9 Å². The number of ether oxygens (including phenoxy) is 1. The molecule has 2 aromatic heterocycles. The van der Waals surface area contributed by atoms with Crippen LogP contribution in [0.5, 0.6) is 0 Å². The second kappa shape index (κ2) is 11.1. The second-order valence-corrected chi connectivity index (χ2v) is 12.8. The van der Waals surface area contributed by atoms with Crippen LogP contribution in [0.2, 0.25) is 5.15 Å². The van der Waals surface area contributed by atoms with Crippen LogP contribution in [0.3, 0.4) is 0 Å². The van der Waals surface area contributed by atoms with Gasteiger partial charge in [0, 0.05) is 42.3 Å². The van der Waals surface area contributed by atoms with Crippen molar-refractivity contribution in [2.45, 2.75) is 64.4 Å². The minimum Gasteiger partial charge on any atom is -0.444 e. The van der Waals surface area contributed by atoms with E-state index in [1.807, 2.05) is 25.7 Å². The van der Waals surface area contributed by atoms with Crippen molar-refractivity contribution in [3.63, 3.8) is 0 Å². The number of pyridine rings is 1. The van der Waals surface area contributed by atoms with Crippen LogP contribution >= 0.6 is 22.9 Å². The number of hydrogen-bond acceptors (Lipinski definition) is 10. The molecule has 4 rings (SSSR count). The largest absolute Gasteiger partial charge is 0.444 e. The van der Waals surface area contributed by atoms with Crippen LogP contribution in [-0.2, 0) is 19.8 Å². The number of nitrogens with two attached hydrogens (primary N) is 2. The first-order chi connectivity index (χ1) is 18.7. The van der Waals surface area contributed by atoms with E-state index in [2.05, 4.69) is 23.1 Å². The molecule has 1 fully saturated rings. The highest BCUT2D eigenvalue weighted by Gasteiger charge is 2.46. The van der Waals surface area contributed by atoms with Crippen molar-refractivity contribution < 1.29 is 19.2 Å². The summed E-state index contributed by atoms with van der Waals surface area (Å²) in [5.41, 5.74) is 12.5. The zero-order valence-corrected chi connectivity index (χ0v) is 24.9. The van der Waals surface area contributed by atoms with Crippen molar-refractivity contribution in [3.8, 4) is 6.07 Å². The quantitative estimate of drug-likeness (QED) is 0.174. The third-order valence-corrected chi connectivity index (χ3v) is 8.61.